The van der Waals surface area contributed by atoms with Crippen LogP contribution in [0, 0.1) is 11.7 Å². The summed E-state index contributed by atoms with van der Waals surface area (Å²) in [7, 11) is -0.0907. The third-order valence-corrected chi connectivity index (χ3v) is 7.53. The molecule has 0 saturated carbocycles. The number of anilines is 1. The first-order chi connectivity index (χ1) is 17.4. The number of nitrogens with one attached hydrogen (secondary N) is 1. The monoisotopic (exact) mass is 536 g/mol. The summed E-state index contributed by atoms with van der Waals surface area (Å²) in [6.07, 6.45) is 0.298. The third kappa shape index (κ3) is 7.90. The summed E-state index contributed by atoms with van der Waals surface area (Å²) in [5.41, 5.74) is 0.462. The highest BCUT2D eigenvalue weighted by Gasteiger charge is 2.34. The van der Waals surface area contributed by atoms with E-state index in [4.69, 9.17) is 4.74 Å². The molecule has 0 fully saturated rings. The number of carbonyl (C=O) groups excluding carboxylic acids is 2. The molecule has 9 nitrogen and oxygen atoms in total. The zero-order valence-electron chi connectivity index (χ0n) is 22.3. The average Bonchev–Trinajstić information content (AvgIpc) is 2.86. The maximum atomic E-state index is 14.7. The molecule has 0 bridgehead atoms. The number of rotatable bonds is 13. The van der Waals surface area contributed by atoms with Gasteiger partial charge in [0.1, 0.15) is 24.2 Å². The van der Waals surface area contributed by atoms with Gasteiger partial charge in [0.15, 0.2) is 0 Å². The Labute approximate surface area is 219 Å². The number of benzene rings is 2. The summed E-state index contributed by atoms with van der Waals surface area (Å²) < 4.78 is 47.8. The fraction of sp³-hybridized carbons (Fsp3) is 0.462. The van der Waals surface area contributed by atoms with Crippen molar-refractivity contribution in [1.29, 1.82) is 0 Å². The molecule has 1 atom stereocenters. The lowest BCUT2D eigenvalue weighted by Crippen LogP contribution is -2.53. The first-order valence-corrected chi connectivity index (χ1v) is 13.5. The van der Waals surface area contributed by atoms with E-state index in [0.717, 1.165) is 20.2 Å². The number of ether oxygens (including phenoxy) is 1. The second-order valence-corrected chi connectivity index (χ2v) is 11.2. The van der Waals surface area contributed by atoms with E-state index in [-0.39, 0.29) is 24.1 Å². The predicted octanol–water partition coefficient (Wildman–Crippen LogP) is 3.03. The summed E-state index contributed by atoms with van der Waals surface area (Å²) in [5, 5.41) is 2.86. The van der Waals surface area contributed by atoms with Gasteiger partial charge in [0.25, 0.3) is 0 Å². The molecular formula is C26H37FN4O5S. The van der Waals surface area contributed by atoms with Crippen LogP contribution in [0.25, 0.3) is 0 Å². The number of halogens is 1. The SMILES string of the molecule is CC[C@@H](C(=O)NCC(C)C)N(Cc1ccc(OC)cc1)C(=O)CN(c1ccccc1F)S(=O)(=O)N(C)C. The lowest BCUT2D eigenvalue weighted by Gasteiger charge is -2.34. The molecule has 0 aliphatic carbocycles. The predicted molar refractivity (Wildman–Crippen MR) is 142 cm³/mol. The molecule has 0 unspecified atom stereocenters. The first kappa shape index (κ1) is 30.0. The molecule has 0 spiro atoms. The van der Waals surface area contributed by atoms with E-state index < -0.39 is 34.5 Å². The van der Waals surface area contributed by atoms with Crippen LogP contribution in [0.4, 0.5) is 10.1 Å². The Morgan fingerprint density at radius 1 is 1.05 bits per heavy atom. The van der Waals surface area contributed by atoms with Crippen molar-refractivity contribution in [3.8, 4) is 5.75 Å². The van der Waals surface area contributed by atoms with E-state index in [1.807, 2.05) is 13.8 Å². The van der Waals surface area contributed by atoms with Crippen LogP contribution < -0.4 is 14.4 Å². The van der Waals surface area contributed by atoms with Crippen LogP contribution in [0.15, 0.2) is 48.5 Å². The normalized spacial score (nSPS) is 12.4. The quantitative estimate of drug-likeness (QED) is 0.424. The van der Waals surface area contributed by atoms with E-state index in [2.05, 4.69) is 5.32 Å². The second-order valence-electron chi connectivity index (χ2n) is 9.18. The number of hydrogen-bond donors (Lipinski definition) is 1. The van der Waals surface area contributed by atoms with Crippen LogP contribution in [-0.2, 0) is 26.3 Å². The van der Waals surface area contributed by atoms with Gasteiger partial charge in [0.05, 0.1) is 12.8 Å². The number of para-hydroxylation sites is 1. The van der Waals surface area contributed by atoms with Gasteiger partial charge in [-0.05, 0) is 42.2 Å². The zero-order chi connectivity index (χ0) is 27.8. The van der Waals surface area contributed by atoms with Crippen molar-refractivity contribution in [2.45, 2.75) is 39.8 Å². The minimum absolute atomic E-state index is 0.0452. The van der Waals surface area contributed by atoms with Crippen LogP contribution in [0.2, 0.25) is 0 Å². The Bertz CT molecular complexity index is 1160. The van der Waals surface area contributed by atoms with Gasteiger partial charge in [-0.1, -0.05) is 45.0 Å². The molecule has 2 rings (SSSR count). The zero-order valence-corrected chi connectivity index (χ0v) is 23.1. The lowest BCUT2D eigenvalue weighted by molar-refractivity contribution is -0.140. The Morgan fingerprint density at radius 3 is 2.19 bits per heavy atom. The van der Waals surface area contributed by atoms with Gasteiger partial charge in [-0.3, -0.25) is 9.59 Å². The van der Waals surface area contributed by atoms with Crippen LogP contribution in [0.1, 0.15) is 32.8 Å². The van der Waals surface area contributed by atoms with Gasteiger partial charge in [-0.25, -0.2) is 8.70 Å². The summed E-state index contributed by atoms with van der Waals surface area (Å²) in [6.45, 7) is 5.48. The highest BCUT2D eigenvalue weighted by Crippen LogP contribution is 2.24. The maximum absolute atomic E-state index is 14.7. The molecule has 37 heavy (non-hydrogen) atoms. The van der Waals surface area contributed by atoms with Gasteiger partial charge in [0, 0.05) is 27.2 Å². The summed E-state index contributed by atoms with van der Waals surface area (Å²) in [6, 6.07) is 11.5. The Hall–Kier alpha value is -3.18. The number of carbonyl (C=O) groups is 2. The van der Waals surface area contributed by atoms with E-state index in [0.29, 0.717) is 18.7 Å². The molecule has 0 aromatic heterocycles. The van der Waals surface area contributed by atoms with E-state index >= 15 is 0 Å². The summed E-state index contributed by atoms with van der Waals surface area (Å²) in [4.78, 5) is 28.2. The van der Waals surface area contributed by atoms with Gasteiger partial charge in [-0.15, -0.1) is 0 Å². The molecule has 11 heteroatoms. The molecule has 0 heterocycles. The standard InChI is InChI=1S/C26H37FN4O5S/c1-7-23(26(33)28-16-19(2)3)30(17-20-12-14-21(36-6)15-13-20)25(32)18-31(37(34,35)29(4)5)24-11-9-8-10-22(24)27/h8-15,19,23H,7,16-18H2,1-6H3,(H,28,33)/t23-/m0/s1. The fourth-order valence-corrected chi connectivity index (χ4v) is 4.69. The Balaban J connectivity index is 2.49. The van der Waals surface area contributed by atoms with Crippen molar-refractivity contribution >= 4 is 27.7 Å². The van der Waals surface area contributed by atoms with Gasteiger partial charge in [0.2, 0.25) is 11.8 Å². The van der Waals surface area contributed by atoms with Crippen LogP contribution in [0.3, 0.4) is 0 Å². The van der Waals surface area contributed by atoms with Crippen molar-refractivity contribution < 1.29 is 27.1 Å². The molecule has 204 valence electrons. The van der Waals surface area contributed by atoms with Crippen molar-refractivity contribution in [2.75, 3.05) is 38.6 Å². The number of hydrogen-bond acceptors (Lipinski definition) is 5. The van der Waals surface area contributed by atoms with E-state index in [1.165, 1.54) is 37.2 Å². The van der Waals surface area contributed by atoms with Gasteiger partial charge in [-0.2, -0.15) is 12.7 Å². The third-order valence-electron chi connectivity index (χ3n) is 5.72. The molecular weight excluding hydrogens is 499 g/mol. The van der Waals surface area contributed by atoms with E-state index in [1.54, 1.807) is 38.3 Å². The molecule has 0 aliphatic heterocycles. The molecule has 1 N–H and O–H groups in total. The number of methoxy groups -OCH3 is 1. The van der Waals surface area contributed by atoms with Crippen molar-refractivity contribution in [3.63, 3.8) is 0 Å². The molecule has 2 aromatic rings. The summed E-state index contributed by atoms with van der Waals surface area (Å²) in [5.74, 6) is -0.939. The van der Waals surface area contributed by atoms with Gasteiger partial charge >= 0.3 is 10.2 Å². The smallest absolute Gasteiger partial charge is 0.304 e. The lowest BCUT2D eigenvalue weighted by atomic mass is 10.1. The minimum atomic E-state index is -4.24. The largest absolute Gasteiger partial charge is 0.497 e. The molecule has 2 aromatic carbocycles. The fourth-order valence-electron chi connectivity index (χ4n) is 3.63. The molecule has 0 saturated heterocycles. The Kier molecular flexibility index (Phi) is 10.9. The van der Waals surface area contributed by atoms with E-state index in [9.17, 15) is 22.4 Å². The molecule has 0 aliphatic rings. The minimum Gasteiger partial charge on any atom is -0.497 e. The van der Waals surface area contributed by atoms with Crippen LogP contribution in [0.5, 0.6) is 5.75 Å². The second kappa shape index (κ2) is 13.4. The highest BCUT2D eigenvalue weighted by molar-refractivity contribution is 7.90. The highest BCUT2D eigenvalue weighted by atomic mass is 32.2. The Morgan fingerprint density at radius 2 is 1.68 bits per heavy atom. The number of nitrogens with zero attached hydrogens (tertiary/aromatic N) is 3. The van der Waals surface area contributed by atoms with Crippen molar-refractivity contribution in [3.05, 3.63) is 59.9 Å². The molecule has 2 amide bonds. The molecule has 0 radical (unpaired) electrons. The maximum Gasteiger partial charge on any atom is 0.304 e. The summed E-state index contributed by atoms with van der Waals surface area (Å²) >= 11 is 0. The topological polar surface area (TPSA) is 99.3 Å². The van der Waals surface area contributed by atoms with Crippen molar-refractivity contribution in [1.82, 2.24) is 14.5 Å². The van der Waals surface area contributed by atoms with Crippen molar-refractivity contribution in [2.24, 2.45) is 5.92 Å². The number of amides is 2. The first-order valence-electron chi connectivity index (χ1n) is 12.1. The average molecular weight is 537 g/mol. The van der Waals surface area contributed by atoms with Crippen LogP contribution in [-0.4, -0.2) is 69.8 Å². The van der Waals surface area contributed by atoms with Gasteiger partial charge < -0.3 is 15.0 Å². The van der Waals surface area contributed by atoms with Crippen LogP contribution >= 0.6 is 0 Å².